The van der Waals surface area contributed by atoms with Crippen LogP contribution in [0.3, 0.4) is 0 Å². The highest BCUT2D eigenvalue weighted by atomic mass is 16.4. The van der Waals surface area contributed by atoms with Crippen molar-refractivity contribution in [1.29, 1.82) is 0 Å². The molecule has 14 heteroatoms. The standard InChI is InChI=1S/C17H23N5O.2C4H4O4/c1-22(2)12-6-11-18-17(23)21-15-9-10-16(19-13-15)20-14-7-4-3-5-8-14;2*5-3(6)1-2-4(7)8/h3-5,7-10,13H,6,11-12H2,1-2H3,(H,19,20)(H2,18,21,23);2*1-2H,(H,5,6)(H,7,8)/b;2*2-1+. The van der Waals surface area contributed by atoms with Crippen LogP contribution in [0.15, 0.2) is 73.0 Å². The van der Waals surface area contributed by atoms with E-state index in [9.17, 15) is 34.2 Å². The predicted molar refractivity (Wildman–Crippen MR) is 135 cm³/mol. The number of aliphatic carboxylic acids is 4. The van der Waals surface area contributed by atoms with Gasteiger partial charge in [0.15, 0.2) is 0 Å². The minimum atomic E-state index is -1.51. The van der Waals surface area contributed by atoms with E-state index in [0.717, 1.165) is 24.5 Å². The number of carbonyl (C=O) groups excluding carboxylic acids is 3. The van der Waals surface area contributed by atoms with Crippen LogP contribution in [0.2, 0.25) is 0 Å². The van der Waals surface area contributed by atoms with Crippen LogP contribution < -0.4 is 31.1 Å². The second kappa shape index (κ2) is 20.0. The van der Waals surface area contributed by atoms with Crippen molar-refractivity contribution in [2.24, 2.45) is 0 Å². The molecular weight excluding hydrogens is 514 g/mol. The molecule has 0 bridgehead atoms. The van der Waals surface area contributed by atoms with Crippen LogP contribution in [0.25, 0.3) is 0 Å². The largest absolute Gasteiger partial charge is 0.545 e. The van der Waals surface area contributed by atoms with Gasteiger partial charge in [-0.25, -0.2) is 19.4 Å². The first-order valence-corrected chi connectivity index (χ1v) is 11.3. The Labute approximate surface area is 224 Å². The lowest BCUT2D eigenvalue weighted by Gasteiger charge is -2.09. The molecule has 7 N–H and O–H groups in total. The van der Waals surface area contributed by atoms with Crippen LogP contribution in [0, 0.1) is 0 Å². The number of hydrogen-bond acceptors (Lipinski definition) is 8. The first kappa shape index (κ1) is 33.9. The molecular formula is C25H31N5O9. The Balaban J connectivity index is 0.000000742. The third-order valence-electron chi connectivity index (χ3n) is 4.02. The van der Waals surface area contributed by atoms with Gasteiger partial charge in [-0.1, -0.05) is 18.2 Å². The Hall–Kier alpha value is -5.08. The average molecular weight is 546 g/mol. The molecule has 1 aromatic carbocycles. The summed E-state index contributed by atoms with van der Waals surface area (Å²) < 4.78 is 0. The van der Waals surface area contributed by atoms with E-state index >= 15 is 0 Å². The number of urea groups is 1. The molecule has 210 valence electrons. The maximum atomic E-state index is 11.8. The topological polar surface area (TPSA) is 230 Å². The highest BCUT2D eigenvalue weighted by Gasteiger charge is 2.05. The number of quaternary nitrogens is 2. The van der Waals surface area contributed by atoms with Crippen LogP contribution in [-0.4, -0.2) is 72.3 Å². The highest BCUT2D eigenvalue weighted by Crippen LogP contribution is 2.07. The highest BCUT2D eigenvalue weighted by molar-refractivity contribution is 5.89. The normalized spacial score (nSPS) is 10.1. The van der Waals surface area contributed by atoms with Gasteiger partial charge in [-0.15, -0.1) is 0 Å². The second-order valence-electron chi connectivity index (χ2n) is 7.70. The summed E-state index contributed by atoms with van der Waals surface area (Å²) in [5.41, 5.74) is 1.78. The number of carboxylic acids is 4. The molecule has 2 amide bonds. The van der Waals surface area contributed by atoms with E-state index in [0.29, 0.717) is 36.5 Å². The van der Waals surface area contributed by atoms with E-state index < -0.39 is 23.9 Å². The number of pyridine rings is 1. The van der Waals surface area contributed by atoms with E-state index in [1.165, 1.54) is 4.90 Å². The zero-order valence-electron chi connectivity index (χ0n) is 21.3. The summed E-state index contributed by atoms with van der Waals surface area (Å²) in [6.07, 6.45) is 4.51. The smallest absolute Gasteiger partial charge is 0.328 e. The van der Waals surface area contributed by atoms with Crippen molar-refractivity contribution < 1.29 is 54.6 Å². The molecule has 0 saturated carbocycles. The maximum absolute atomic E-state index is 11.8. The fourth-order valence-electron chi connectivity index (χ4n) is 2.38. The van der Waals surface area contributed by atoms with Crippen LogP contribution in [0.4, 0.5) is 22.0 Å². The van der Waals surface area contributed by atoms with Crippen molar-refractivity contribution in [3.63, 3.8) is 0 Å². The summed E-state index contributed by atoms with van der Waals surface area (Å²) in [5, 5.41) is 42.1. The molecule has 1 heterocycles. The van der Waals surface area contributed by atoms with Gasteiger partial charge in [0.2, 0.25) is 5.82 Å². The minimum Gasteiger partial charge on any atom is -0.545 e. The number of benzene rings is 1. The molecule has 0 aliphatic rings. The monoisotopic (exact) mass is 545 g/mol. The number of aromatic nitrogens is 1. The number of hydrogen-bond donors (Lipinski definition) is 6. The lowest BCUT2D eigenvalue weighted by molar-refractivity contribution is -0.858. The number of nitrogens with two attached hydrogens (primary N) is 1. The predicted octanol–water partition coefficient (Wildman–Crippen LogP) is -2.98. The molecule has 0 atom stereocenters. The number of carboxylic acid groups (broad SMARTS) is 4. The molecule has 1 aromatic heterocycles. The molecule has 0 unspecified atom stereocenters. The number of amides is 2. The van der Waals surface area contributed by atoms with Crippen molar-refractivity contribution in [3.05, 3.63) is 73.0 Å². The number of carbonyl (C=O) groups is 5. The molecule has 0 aliphatic heterocycles. The summed E-state index contributed by atoms with van der Waals surface area (Å²) in [4.78, 5) is 55.4. The Morgan fingerprint density at radius 3 is 1.87 bits per heavy atom. The minimum absolute atomic E-state index is 0.194. The van der Waals surface area contributed by atoms with Gasteiger partial charge in [-0.2, -0.15) is 0 Å². The first-order valence-electron chi connectivity index (χ1n) is 11.3. The van der Waals surface area contributed by atoms with Gasteiger partial charge in [0.05, 0.1) is 44.5 Å². The molecule has 0 fully saturated rings. The van der Waals surface area contributed by atoms with Gasteiger partial charge in [0.1, 0.15) is 5.69 Å². The fraction of sp³-hybridized carbons (Fsp3) is 0.200. The Kier molecular flexibility index (Phi) is 17.4. The van der Waals surface area contributed by atoms with Crippen molar-refractivity contribution in [1.82, 2.24) is 10.3 Å². The SMILES string of the molecule is C[NH+](C)CCCNC(=O)Nc1ccc([NH2+]c2ccccc2)nc1.O=C([O-])/C=C/C(=O)O.O=C([O-])/C=C/C(=O)O. The Morgan fingerprint density at radius 2 is 1.46 bits per heavy atom. The van der Waals surface area contributed by atoms with E-state index in [4.69, 9.17) is 10.2 Å². The molecule has 2 aromatic rings. The summed E-state index contributed by atoms with van der Waals surface area (Å²) in [7, 11) is 4.19. The van der Waals surface area contributed by atoms with E-state index in [1.54, 1.807) is 6.20 Å². The third kappa shape index (κ3) is 21.9. The molecule has 0 spiro atoms. The average Bonchev–Trinajstić information content (AvgIpc) is 2.87. The molecule has 0 aliphatic carbocycles. The lowest BCUT2D eigenvalue weighted by Crippen LogP contribution is -3.05. The summed E-state index contributed by atoms with van der Waals surface area (Å²) in [6.45, 7) is 1.70. The second-order valence-corrected chi connectivity index (χ2v) is 7.70. The Bertz CT molecular complexity index is 1050. The van der Waals surface area contributed by atoms with Crippen molar-refractivity contribution in [2.75, 3.05) is 32.5 Å². The summed E-state index contributed by atoms with van der Waals surface area (Å²) in [5.74, 6) is -4.75. The van der Waals surface area contributed by atoms with Crippen LogP contribution >= 0.6 is 0 Å². The lowest BCUT2D eigenvalue weighted by atomic mass is 10.3. The molecule has 0 radical (unpaired) electrons. The van der Waals surface area contributed by atoms with Crippen molar-refractivity contribution in [2.45, 2.75) is 6.42 Å². The van der Waals surface area contributed by atoms with Gasteiger partial charge >= 0.3 is 18.0 Å². The van der Waals surface area contributed by atoms with Gasteiger partial charge in [-0.05, 0) is 30.4 Å². The maximum Gasteiger partial charge on any atom is 0.328 e. The van der Waals surface area contributed by atoms with Crippen molar-refractivity contribution >= 4 is 47.1 Å². The van der Waals surface area contributed by atoms with Gasteiger partial charge in [0, 0.05) is 31.2 Å². The van der Waals surface area contributed by atoms with Gasteiger partial charge in [-0.3, -0.25) is 5.32 Å². The van der Waals surface area contributed by atoms with Crippen LogP contribution in [-0.2, 0) is 19.2 Å². The zero-order chi connectivity index (χ0) is 29.6. The number of rotatable bonds is 11. The molecule has 39 heavy (non-hydrogen) atoms. The Morgan fingerprint density at radius 1 is 0.897 bits per heavy atom. The third-order valence-corrected chi connectivity index (χ3v) is 4.02. The number of nitrogens with one attached hydrogen (secondary N) is 3. The summed E-state index contributed by atoms with van der Waals surface area (Å²) >= 11 is 0. The van der Waals surface area contributed by atoms with E-state index in [1.807, 2.05) is 47.8 Å². The fourth-order valence-corrected chi connectivity index (χ4v) is 2.38. The first-order chi connectivity index (χ1) is 18.4. The van der Waals surface area contributed by atoms with Gasteiger partial charge < -0.3 is 45.5 Å². The molecule has 14 nitrogen and oxygen atoms in total. The van der Waals surface area contributed by atoms with Crippen LogP contribution in [0.1, 0.15) is 6.42 Å². The molecule has 2 rings (SSSR count). The summed E-state index contributed by atoms with van der Waals surface area (Å²) in [6, 6.07) is 13.6. The number of nitrogens with zero attached hydrogens (tertiary/aromatic N) is 1. The zero-order valence-corrected chi connectivity index (χ0v) is 21.3. The quantitative estimate of drug-likeness (QED) is 0.0953. The van der Waals surface area contributed by atoms with Crippen molar-refractivity contribution in [3.8, 4) is 0 Å². The van der Waals surface area contributed by atoms with E-state index in [2.05, 4.69) is 29.7 Å². The van der Waals surface area contributed by atoms with Crippen LogP contribution in [0.5, 0.6) is 0 Å². The number of para-hydroxylation sites is 1. The van der Waals surface area contributed by atoms with E-state index in [-0.39, 0.29) is 6.03 Å². The molecule has 0 saturated heterocycles. The number of anilines is 1. The van der Waals surface area contributed by atoms with Gasteiger partial charge in [0.25, 0.3) is 0 Å².